The number of rotatable bonds is 5. The van der Waals surface area contributed by atoms with E-state index in [-0.39, 0.29) is 5.91 Å². The Bertz CT molecular complexity index is 847. The first-order valence-corrected chi connectivity index (χ1v) is 8.59. The van der Waals surface area contributed by atoms with Gasteiger partial charge in [0.15, 0.2) is 0 Å². The normalized spacial score (nSPS) is 10.3. The van der Waals surface area contributed by atoms with E-state index in [1.807, 2.05) is 49.4 Å². The summed E-state index contributed by atoms with van der Waals surface area (Å²) >= 11 is 3.35. The van der Waals surface area contributed by atoms with Crippen LogP contribution in [-0.4, -0.2) is 22.7 Å². The Kier molecular flexibility index (Phi) is 5.40. The predicted octanol–water partition coefficient (Wildman–Crippen LogP) is 4.56. The number of nitrogens with zero attached hydrogens (tertiary/aromatic N) is 2. The Morgan fingerprint density at radius 1 is 1.00 bits per heavy atom. The molecule has 25 heavy (non-hydrogen) atoms. The van der Waals surface area contributed by atoms with Crippen molar-refractivity contribution in [3.63, 3.8) is 0 Å². The van der Waals surface area contributed by atoms with E-state index < -0.39 is 0 Å². The van der Waals surface area contributed by atoms with E-state index in [1.165, 1.54) is 0 Å². The van der Waals surface area contributed by atoms with Crippen LogP contribution in [0.4, 0.5) is 5.69 Å². The van der Waals surface area contributed by atoms with Crippen LogP contribution in [0, 0.1) is 0 Å². The second-order valence-corrected chi connectivity index (χ2v) is 6.14. The third-order valence-corrected chi connectivity index (χ3v) is 4.01. The topological polar surface area (TPSA) is 64.1 Å². The molecule has 0 radical (unpaired) electrons. The first kappa shape index (κ1) is 17.1. The molecule has 126 valence electrons. The summed E-state index contributed by atoms with van der Waals surface area (Å²) < 4.78 is 6.22. The number of nitrogens with one attached hydrogen (secondary N) is 1. The van der Waals surface area contributed by atoms with Crippen LogP contribution in [0.2, 0.25) is 0 Å². The highest BCUT2D eigenvalue weighted by Gasteiger charge is 2.07. The third kappa shape index (κ3) is 4.42. The lowest BCUT2D eigenvalue weighted by Crippen LogP contribution is -2.11. The lowest BCUT2D eigenvalue weighted by Gasteiger charge is -2.07. The van der Waals surface area contributed by atoms with E-state index in [0.717, 1.165) is 21.4 Å². The molecule has 0 saturated carbocycles. The van der Waals surface area contributed by atoms with Crippen molar-refractivity contribution in [2.75, 3.05) is 11.9 Å². The van der Waals surface area contributed by atoms with Crippen molar-refractivity contribution >= 4 is 27.5 Å². The van der Waals surface area contributed by atoms with Gasteiger partial charge in [0.05, 0.1) is 12.3 Å². The van der Waals surface area contributed by atoms with Gasteiger partial charge in [-0.3, -0.25) is 4.79 Å². The molecule has 0 atom stereocenters. The van der Waals surface area contributed by atoms with Gasteiger partial charge in [-0.25, -0.2) is 0 Å². The maximum Gasteiger partial charge on any atom is 0.255 e. The summed E-state index contributed by atoms with van der Waals surface area (Å²) in [6.45, 7) is 2.46. The van der Waals surface area contributed by atoms with E-state index in [0.29, 0.717) is 18.1 Å². The molecule has 0 aliphatic carbocycles. The van der Waals surface area contributed by atoms with E-state index >= 15 is 0 Å². The summed E-state index contributed by atoms with van der Waals surface area (Å²) in [4.78, 5) is 12.2. The van der Waals surface area contributed by atoms with Crippen LogP contribution in [0.3, 0.4) is 0 Å². The van der Waals surface area contributed by atoms with Crippen molar-refractivity contribution in [2.45, 2.75) is 6.92 Å². The fourth-order valence-electron chi connectivity index (χ4n) is 2.23. The SMILES string of the molecule is CCOc1ccc(-c2ccc(NC(=O)c3ccc(Br)cc3)cc2)nn1. The smallest absolute Gasteiger partial charge is 0.255 e. The van der Waals surface area contributed by atoms with E-state index in [4.69, 9.17) is 4.74 Å². The maximum absolute atomic E-state index is 12.2. The molecular formula is C19H16BrN3O2. The molecule has 2 aromatic carbocycles. The molecule has 1 heterocycles. The number of carbonyl (C=O) groups excluding carboxylic acids is 1. The summed E-state index contributed by atoms with van der Waals surface area (Å²) in [5.74, 6) is 0.353. The molecule has 1 N–H and O–H groups in total. The highest BCUT2D eigenvalue weighted by atomic mass is 79.9. The van der Waals surface area contributed by atoms with E-state index in [9.17, 15) is 4.79 Å². The largest absolute Gasteiger partial charge is 0.477 e. The van der Waals surface area contributed by atoms with Gasteiger partial charge in [0.1, 0.15) is 0 Å². The van der Waals surface area contributed by atoms with Gasteiger partial charge in [-0.15, -0.1) is 10.2 Å². The number of halogens is 1. The highest BCUT2D eigenvalue weighted by Crippen LogP contribution is 2.21. The molecule has 0 aliphatic heterocycles. The Morgan fingerprint density at radius 2 is 1.72 bits per heavy atom. The van der Waals surface area contributed by atoms with Crippen LogP contribution in [-0.2, 0) is 0 Å². The third-order valence-electron chi connectivity index (χ3n) is 3.48. The van der Waals surface area contributed by atoms with Gasteiger partial charge in [-0.05, 0) is 49.4 Å². The fourth-order valence-corrected chi connectivity index (χ4v) is 2.49. The number of anilines is 1. The summed E-state index contributed by atoms with van der Waals surface area (Å²) in [6, 6.07) is 18.3. The zero-order valence-electron chi connectivity index (χ0n) is 13.6. The molecule has 0 unspecified atom stereocenters. The molecule has 3 aromatic rings. The maximum atomic E-state index is 12.2. The van der Waals surface area contributed by atoms with Crippen molar-refractivity contribution in [3.8, 4) is 17.1 Å². The fraction of sp³-hybridized carbons (Fsp3) is 0.105. The van der Waals surface area contributed by atoms with Crippen LogP contribution in [0.25, 0.3) is 11.3 Å². The average molecular weight is 398 g/mol. The van der Waals surface area contributed by atoms with Gasteiger partial charge in [-0.2, -0.15) is 0 Å². The highest BCUT2D eigenvalue weighted by molar-refractivity contribution is 9.10. The molecule has 6 heteroatoms. The minimum atomic E-state index is -0.152. The number of hydrogen-bond acceptors (Lipinski definition) is 4. The van der Waals surface area contributed by atoms with Crippen LogP contribution in [0.1, 0.15) is 17.3 Å². The summed E-state index contributed by atoms with van der Waals surface area (Å²) in [5, 5.41) is 11.0. The van der Waals surface area contributed by atoms with Crippen LogP contribution in [0.15, 0.2) is 65.1 Å². The first-order chi connectivity index (χ1) is 12.2. The summed E-state index contributed by atoms with van der Waals surface area (Å²) in [5.41, 5.74) is 2.98. The number of benzene rings is 2. The van der Waals surface area contributed by atoms with Crippen LogP contribution < -0.4 is 10.1 Å². The molecule has 0 bridgehead atoms. The van der Waals surface area contributed by atoms with E-state index in [1.54, 1.807) is 18.2 Å². The van der Waals surface area contributed by atoms with Gasteiger partial charge < -0.3 is 10.1 Å². The zero-order valence-corrected chi connectivity index (χ0v) is 15.2. The lowest BCUT2D eigenvalue weighted by atomic mass is 10.1. The van der Waals surface area contributed by atoms with Gasteiger partial charge in [-0.1, -0.05) is 28.1 Å². The van der Waals surface area contributed by atoms with Crippen molar-refractivity contribution in [3.05, 3.63) is 70.7 Å². The van der Waals surface area contributed by atoms with E-state index in [2.05, 4.69) is 31.4 Å². The Morgan fingerprint density at radius 3 is 2.32 bits per heavy atom. The van der Waals surface area contributed by atoms with Crippen LogP contribution >= 0.6 is 15.9 Å². The Balaban J connectivity index is 1.69. The average Bonchev–Trinajstić information content (AvgIpc) is 2.64. The summed E-state index contributed by atoms with van der Waals surface area (Å²) in [7, 11) is 0. The summed E-state index contributed by atoms with van der Waals surface area (Å²) in [6.07, 6.45) is 0. The van der Waals surface area contributed by atoms with Gasteiger partial charge in [0.25, 0.3) is 5.91 Å². The molecule has 1 aromatic heterocycles. The number of aromatic nitrogens is 2. The minimum absolute atomic E-state index is 0.152. The van der Waals surface area contributed by atoms with Crippen molar-refractivity contribution in [1.82, 2.24) is 10.2 Å². The molecule has 3 rings (SSSR count). The number of hydrogen-bond donors (Lipinski definition) is 1. The van der Waals surface area contributed by atoms with Crippen molar-refractivity contribution in [2.24, 2.45) is 0 Å². The lowest BCUT2D eigenvalue weighted by molar-refractivity contribution is 0.102. The number of carbonyl (C=O) groups is 1. The standard InChI is InChI=1S/C19H16BrN3O2/c1-2-25-18-12-11-17(22-23-18)13-5-9-16(10-6-13)21-19(24)14-3-7-15(20)8-4-14/h3-12H,2H2,1H3,(H,21,24). The number of amides is 1. The molecule has 0 spiro atoms. The van der Waals surface area contributed by atoms with Gasteiger partial charge in [0, 0.05) is 27.4 Å². The Labute approximate surface area is 154 Å². The minimum Gasteiger partial charge on any atom is -0.477 e. The quantitative estimate of drug-likeness (QED) is 0.685. The zero-order chi connectivity index (χ0) is 17.6. The van der Waals surface area contributed by atoms with Gasteiger partial charge >= 0.3 is 0 Å². The van der Waals surface area contributed by atoms with Crippen LogP contribution in [0.5, 0.6) is 5.88 Å². The van der Waals surface area contributed by atoms with Gasteiger partial charge in [0.2, 0.25) is 5.88 Å². The van der Waals surface area contributed by atoms with Crippen molar-refractivity contribution < 1.29 is 9.53 Å². The molecule has 1 amide bonds. The Hall–Kier alpha value is -2.73. The monoisotopic (exact) mass is 397 g/mol. The molecule has 0 aliphatic rings. The second-order valence-electron chi connectivity index (χ2n) is 5.23. The predicted molar refractivity (Wildman–Crippen MR) is 101 cm³/mol. The molecule has 5 nitrogen and oxygen atoms in total. The molecule has 0 saturated heterocycles. The molecule has 0 fully saturated rings. The molecular weight excluding hydrogens is 382 g/mol. The second kappa shape index (κ2) is 7.90. The first-order valence-electron chi connectivity index (χ1n) is 7.79. The van der Waals surface area contributed by atoms with Crippen molar-refractivity contribution in [1.29, 1.82) is 0 Å². The number of ether oxygens (including phenoxy) is 1.